The maximum Gasteiger partial charge on any atom is 0.140 e. The number of nitrogens with zero attached hydrogens (tertiary/aromatic N) is 1. The predicted molar refractivity (Wildman–Crippen MR) is 74.9 cm³/mol. The standard InChI is InChI=1S/C13H19IN/c1-5-10-15(3,4)11-13(14)9-7-6-8-12(13)2/h1,6-9,12H,10-11H2,2-4H3/q+1. The van der Waals surface area contributed by atoms with Crippen LogP contribution in [-0.4, -0.2) is 35.1 Å². The van der Waals surface area contributed by atoms with Crippen LogP contribution in [0.2, 0.25) is 0 Å². The third kappa shape index (κ3) is 3.35. The van der Waals surface area contributed by atoms with Crippen molar-refractivity contribution < 1.29 is 4.48 Å². The van der Waals surface area contributed by atoms with E-state index in [4.69, 9.17) is 6.42 Å². The molecule has 1 rings (SSSR count). The Morgan fingerprint density at radius 1 is 1.47 bits per heavy atom. The van der Waals surface area contributed by atoms with Crippen LogP contribution in [0.3, 0.4) is 0 Å². The Morgan fingerprint density at radius 2 is 2.13 bits per heavy atom. The Labute approximate surface area is 107 Å². The van der Waals surface area contributed by atoms with Gasteiger partial charge in [-0.15, -0.1) is 6.42 Å². The Kier molecular flexibility index (Phi) is 4.02. The highest BCUT2D eigenvalue weighted by molar-refractivity contribution is 14.1. The molecule has 15 heavy (non-hydrogen) atoms. The second kappa shape index (κ2) is 4.71. The van der Waals surface area contributed by atoms with Gasteiger partial charge < -0.3 is 4.48 Å². The van der Waals surface area contributed by atoms with Crippen molar-refractivity contribution in [2.45, 2.75) is 10.3 Å². The molecule has 1 aliphatic rings. The lowest BCUT2D eigenvalue weighted by atomic mass is 9.89. The lowest BCUT2D eigenvalue weighted by Gasteiger charge is -2.38. The Hall–Kier alpha value is -0.270. The highest BCUT2D eigenvalue weighted by Crippen LogP contribution is 2.35. The number of quaternary nitrogens is 1. The van der Waals surface area contributed by atoms with Crippen molar-refractivity contribution >= 4 is 22.6 Å². The summed E-state index contributed by atoms with van der Waals surface area (Å²) in [5.41, 5.74) is 0. The number of alkyl halides is 1. The first-order chi connectivity index (χ1) is 6.90. The Bertz CT molecular complexity index is 322. The van der Waals surface area contributed by atoms with Gasteiger partial charge in [-0.25, -0.2) is 0 Å². The summed E-state index contributed by atoms with van der Waals surface area (Å²) in [5.74, 6) is 3.32. The average Bonchev–Trinajstić information content (AvgIpc) is 2.09. The number of hydrogen-bond acceptors (Lipinski definition) is 0. The normalized spacial score (nSPS) is 30.2. The van der Waals surface area contributed by atoms with Crippen LogP contribution in [0.15, 0.2) is 24.3 Å². The molecule has 0 aromatic carbocycles. The van der Waals surface area contributed by atoms with E-state index in [0.717, 1.165) is 17.6 Å². The lowest BCUT2D eigenvalue weighted by molar-refractivity contribution is -0.884. The molecule has 0 spiro atoms. The average molecular weight is 316 g/mol. The Morgan fingerprint density at radius 3 is 2.67 bits per heavy atom. The van der Waals surface area contributed by atoms with Crippen LogP contribution in [0.4, 0.5) is 0 Å². The van der Waals surface area contributed by atoms with Gasteiger partial charge in [0, 0.05) is 0 Å². The lowest BCUT2D eigenvalue weighted by Crippen LogP contribution is -2.51. The molecule has 0 saturated carbocycles. The van der Waals surface area contributed by atoms with Crippen LogP contribution in [0.5, 0.6) is 0 Å². The van der Waals surface area contributed by atoms with Crippen LogP contribution in [0, 0.1) is 18.3 Å². The van der Waals surface area contributed by atoms with Gasteiger partial charge in [0.15, 0.2) is 0 Å². The zero-order chi connectivity index (χ0) is 11.5. The molecule has 82 valence electrons. The first-order valence-corrected chi connectivity index (χ1v) is 6.28. The fourth-order valence-corrected chi connectivity index (χ4v) is 3.25. The van der Waals surface area contributed by atoms with E-state index in [0.29, 0.717) is 5.92 Å². The number of allylic oxidation sites excluding steroid dienone is 3. The van der Waals surface area contributed by atoms with Crippen LogP contribution < -0.4 is 0 Å². The minimum Gasteiger partial charge on any atom is -0.317 e. The number of halogens is 1. The molecule has 0 heterocycles. The fraction of sp³-hybridized carbons (Fsp3) is 0.538. The molecule has 0 bridgehead atoms. The molecule has 0 radical (unpaired) electrons. The maximum absolute atomic E-state index is 5.40. The van der Waals surface area contributed by atoms with Gasteiger partial charge in [0.25, 0.3) is 0 Å². The second-order valence-corrected chi connectivity index (χ2v) is 6.92. The largest absolute Gasteiger partial charge is 0.317 e. The number of terminal acetylenes is 1. The second-order valence-electron chi connectivity index (χ2n) is 4.92. The first kappa shape index (κ1) is 12.8. The van der Waals surface area contributed by atoms with Crippen molar-refractivity contribution in [3.63, 3.8) is 0 Å². The molecular formula is C13H19IN+. The molecule has 2 unspecified atom stereocenters. The van der Waals surface area contributed by atoms with Gasteiger partial charge in [-0.3, -0.25) is 0 Å². The molecular weight excluding hydrogens is 297 g/mol. The topological polar surface area (TPSA) is 0 Å². The van der Waals surface area contributed by atoms with Gasteiger partial charge in [-0.1, -0.05) is 53.8 Å². The van der Waals surface area contributed by atoms with Crippen molar-refractivity contribution in [1.82, 2.24) is 0 Å². The van der Waals surface area contributed by atoms with Gasteiger partial charge in [-0.2, -0.15) is 0 Å². The van der Waals surface area contributed by atoms with Crippen molar-refractivity contribution in [3.05, 3.63) is 24.3 Å². The number of rotatable bonds is 3. The molecule has 1 aliphatic carbocycles. The van der Waals surface area contributed by atoms with E-state index in [9.17, 15) is 0 Å². The van der Waals surface area contributed by atoms with Gasteiger partial charge in [0.2, 0.25) is 0 Å². The third-order valence-electron chi connectivity index (χ3n) is 2.83. The Balaban J connectivity index is 2.76. The van der Waals surface area contributed by atoms with Crippen molar-refractivity contribution in [1.29, 1.82) is 0 Å². The number of hydrogen-bond donors (Lipinski definition) is 0. The van der Waals surface area contributed by atoms with Crippen LogP contribution in [0.25, 0.3) is 0 Å². The molecule has 0 fully saturated rings. The molecule has 2 heteroatoms. The molecule has 0 aromatic heterocycles. The SMILES string of the molecule is C#CC[N+](C)(C)CC1(I)C=CC=CC1C. The molecule has 0 saturated heterocycles. The van der Waals surface area contributed by atoms with E-state index < -0.39 is 0 Å². The zero-order valence-electron chi connectivity index (χ0n) is 9.70. The summed E-state index contributed by atoms with van der Waals surface area (Å²) in [6.07, 6.45) is 14.2. The van der Waals surface area contributed by atoms with Crippen LogP contribution in [0.1, 0.15) is 6.92 Å². The highest BCUT2D eigenvalue weighted by atomic mass is 127. The van der Waals surface area contributed by atoms with E-state index in [-0.39, 0.29) is 3.42 Å². The molecule has 0 amide bonds. The van der Waals surface area contributed by atoms with E-state index in [1.165, 1.54) is 0 Å². The molecule has 1 nitrogen and oxygen atoms in total. The minimum absolute atomic E-state index is 0.201. The molecule has 0 aromatic rings. The minimum atomic E-state index is 0.201. The van der Waals surface area contributed by atoms with Crippen molar-refractivity contribution in [3.8, 4) is 12.3 Å². The van der Waals surface area contributed by atoms with Gasteiger partial charge in [0.1, 0.15) is 6.54 Å². The molecule has 2 atom stereocenters. The summed E-state index contributed by atoms with van der Waals surface area (Å²) in [6, 6.07) is 0. The van der Waals surface area contributed by atoms with E-state index in [1.54, 1.807) is 0 Å². The maximum atomic E-state index is 5.40. The zero-order valence-corrected chi connectivity index (χ0v) is 11.9. The summed E-state index contributed by atoms with van der Waals surface area (Å²) >= 11 is 2.56. The molecule has 0 N–H and O–H groups in total. The van der Waals surface area contributed by atoms with Gasteiger partial charge in [0.05, 0.1) is 24.1 Å². The third-order valence-corrected chi connectivity index (χ3v) is 4.51. The van der Waals surface area contributed by atoms with Crippen molar-refractivity contribution in [2.24, 2.45) is 5.92 Å². The predicted octanol–water partition coefficient (Wildman–Crippen LogP) is 2.63. The van der Waals surface area contributed by atoms with Gasteiger partial charge >= 0.3 is 0 Å². The quantitative estimate of drug-likeness (QED) is 0.325. The summed E-state index contributed by atoms with van der Waals surface area (Å²) in [5, 5.41) is 0. The summed E-state index contributed by atoms with van der Waals surface area (Å²) < 4.78 is 1.08. The monoisotopic (exact) mass is 316 g/mol. The summed E-state index contributed by atoms with van der Waals surface area (Å²) in [4.78, 5) is 0. The first-order valence-electron chi connectivity index (χ1n) is 5.20. The van der Waals surface area contributed by atoms with Gasteiger partial charge in [-0.05, 0) is 11.8 Å². The van der Waals surface area contributed by atoms with Crippen LogP contribution >= 0.6 is 22.6 Å². The highest BCUT2D eigenvalue weighted by Gasteiger charge is 2.37. The smallest absolute Gasteiger partial charge is 0.140 e. The molecule has 0 aliphatic heterocycles. The van der Waals surface area contributed by atoms with Crippen molar-refractivity contribution in [2.75, 3.05) is 27.2 Å². The van der Waals surface area contributed by atoms with E-state index >= 15 is 0 Å². The summed E-state index contributed by atoms with van der Waals surface area (Å²) in [7, 11) is 4.39. The fourth-order valence-electron chi connectivity index (χ4n) is 1.91. The van der Waals surface area contributed by atoms with Crippen LogP contribution in [-0.2, 0) is 0 Å². The van der Waals surface area contributed by atoms with E-state index in [2.05, 4.69) is 73.8 Å². The summed E-state index contributed by atoms with van der Waals surface area (Å²) in [6.45, 7) is 4.12. The van der Waals surface area contributed by atoms with E-state index in [1.807, 2.05) is 0 Å².